The summed E-state index contributed by atoms with van der Waals surface area (Å²) in [6.45, 7) is 4.79. The van der Waals surface area contributed by atoms with Crippen molar-refractivity contribution in [2.45, 2.75) is 13.8 Å². The molecule has 0 fully saturated rings. The van der Waals surface area contributed by atoms with Crippen molar-refractivity contribution in [2.24, 2.45) is 0 Å². The molecule has 4 heteroatoms. The molecule has 0 atom stereocenters. The quantitative estimate of drug-likeness (QED) is 0.773. The molecule has 0 N–H and O–H groups in total. The fourth-order valence-electron chi connectivity index (χ4n) is 1.74. The van der Waals surface area contributed by atoms with Crippen LogP contribution < -0.4 is 4.90 Å². The van der Waals surface area contributed by atoms with Crippen molar-refractivity contribution in [3.05, 3.63) is 34.9 Å². The molecule has 1 aromatic rings. The molecule has 0 spiro atoms. The molecule has 1 aromatic carbocycles. The molecule has 0 bridgehead atoms. The lowest BCUT2D eigenvalue weighted by Gasteiger charge is -2.18. The highest BCUT2D eigenvalue weighted by Gasteiger charge is 2.12. The summed E-state index contributed by atoms with van der Waals surface area (Å²) in [4.78, 5) is 2.07. The summed E-state index contributed by atoms with van der Waals surface area (Å²) in [6.07, 6.45) is 0. The lowest BCUT2D eigenvalue weighted by Crippen LogP contribution is -2.15. The largest absolute Gasteiger partial charge is 0.375 e. The van der Waals surface area contributed by atoms with E-state index in [1.54, 1.807) is 18.2 Å². The predicted molar refractivity (Wildman–Crippen MR) is 73.9 cm³/mol. The van der Waals surface area contributed by atoms with Gasteiger partial charge in [-0.05, 0) is 37.1 Å². The fraction of sp³-hybridized carbons (Fsp3) is 0.267. The minimum atomic E-state index is -0.151. The van der Waals surface area contributed by atoms with Gasteiger partial charge in [0.25, 0.3) is 0 Å². The summed E-state index contributed by atoms with van der Waals surface area (Å²) in [7, 11) is 1.98. The van der Waals surface area contributed by atoms with E-state index in [0.29, 0.717) is 5.56 Å². The van der Waals surface area contributed by atoms with Crippen molar-refractivity contribution in [3.8, 4) is 18.2 Å². The van der Waals surface area contributed by atoms with Crippen LogP contribution in [0, 0.1) is 40.9 Å². The zero-order chi connectivity index (χ0) is 14.4. The number of rotatable bonds is 3. The second-order valence-corrected chi connectivity index (χ2v) is 4.10. The Morgan fingerprint density at radius 2 is 1.79 bits per heavy atom. The molecule has 0 heterocycles. The topological polar surface area (TPSA) is 74.6 Å². The van der Waals surface area contributed by atoms with Crippen molar-refractivity contribution in [2.75, 3.05) is 18.5 Å². The second kappa shape index (κ2) is 6.24. The first kappa shape index (κ1) is 14.3. The van der Waals surface area contributed by atoms with Crippen LogP contribution >= 0.6 is 0 Å². The zero-order valence-corrected chi connectivity index (χ0v) is 11.2. The van der Waals surface area contributed by atoms with Crippen LogP contribution in [0.25, 0.3) is 5.57 Å². The van der Waals surface area contributed by atoms with Gasteiger partial charge in [0.1, 0.15) is 23.8 Å². The van der Waals surface area contributed by atoms with Gasteiger partial charge in [0.15, 0.2) is 0 Å². The Balaban J connectivity index is 3.40. The van der Waals surface area contributed by atoms with Gasteiger partial charge in [-0.25, -0.2) is 0 Å². The van der Waals surface area contributed by atoms with E-state index in [1.165, 1.54) is 0 Å². The molecular formula is C15H14N4. The van der Waals surface area contributed by atoms with E-state index in [1.807, 2.05) is 39.1 Å². The molecule has 19 heavy (non-hydrogen) atoms. The molecule has 4 nitrogen and oxygen atoms in total. The van der Waals surface area contributed by atoms with E-state index in [0.717, 1.165) is 17.8 Å². The van der Waals surface area contributed by atoms with E-state index in [4.69, 9.17) is 15.8 Å². The molecule has 0 unspecified atom stereocenters. The van der Waals surface area contributed by atoms with E-state index >= 15 is 0 Å². The number of allylic oxidation sites excluding steroid dienone is 2. The molecule has 0 aliphatic rings. The molecule has 1 rings (SSSR count). The first-order chi connectivity index (χ1) is 9.08. The van der Waals surface area contributed by atoms with Crippen LogP contribution in [-0.2, 0) is 0 Å². The lowest BCUT2D eigenvalue weighted by atomic mass is 9.97. The Hall–Kier alpha value is -2.77. The van der Waals surface area contributed by atoms with Gasteiger partial charge in [-0.3, -0.25) is 0 Å². The van der Waals surface area contributed by atoms with Crippen LogP contribution in [0.2, 0.25) is 0 Å². The monoisotopic (exact) mass is 250 g/mol. The standard InChI is InChI=1S/C15H14N4/c1-4-19(3)13-5-6-14(11(2)7-13)15(10-18)12(8-16)9-17/h5-7H,4H2,1-3H3. The number of nitriles is 3. The normalized spacial score (nSPS) is 8.84. The molecular weight excluding hydrogens is 236 g/mol. The number of nitrogens with zero attached hydrogens (tertiary/aromatic N) is 4. The SMILES string of the molecule is CCN(C)c1ccc(C(C#N)=C(C#N)C#N)c(C)c1. The summed E-state index contributed by atoms with van der Waals surface area (Å²) in [6, 6.07) is 11.1. The highest BCUT2D eigenvalue weighted by Crippen LogP contribution is 2.25. The number of aryl methyl sites for hydroxylation is 1. The molecule has 0 aliphatic heterocycles. The van der Waals surface area contributed by atoms with Crippen LogP contribution in [0.1, 0.15) is 18.1 Å². The third kappa shape index (κ3) is 2.92. The van der Waals surface area contributed by atoms with Crippen LogP contribution in [0.15, 0.2) is 23.8 Å². The maximum Gasteiger partial charge on any atom is 0.148 e. The Kier molecular flexibility index (Phi) is 4.69. The first-order valence-corrected chi connectivity index (χ1v) is 5.85. The third-order valence-electron chi connectivity index (χ3n) is 2.98. The first-order valence-electron chi connectivity index (χ1n) is 5.85. The van der Waals surface area contributed by atoms with Crippen LogP contribution in [-0.4, -0.2) is 13.6 Å². The van der Waals surface area contributed by atoms with E-state index in [2.05, 4.69) is 4.90 Å². The summed E-state index contributed by atoms with van der Waals surface area (Å²) < 4.78 is 0. The van der Waals surface area contributed by atoms with Gasteiger partial charge in [-0.1, -0.05) is 6.07 Å². The lowest BCUT2D eigenvalue weighted by molar-refractivity contribution is 0.966. The molecule has 0 radical (unpaired) electrons. The summed E-state index contributed by atoms with van der Waals surface area (Å²) in [5, 5.41) is 26.9. The second-order valence-electron chi connectivity index (χ2n) is 4.10. The Morgan fingerprint density at radius 1 is 1.16 bits per heavy atom. The minimum absolute atomic E-state index is 0.133. The Morgan fingerprint density at radius 3 is 2.21 bits per heavy atom. The maximum atomic E-state index is 9.14. The number of benzene rings is 1. The smallest absolute Gasteiger partial charge is 0.148 e. The van der Waals surface area contributed by atoms with Crippen LogP contribution in [0.3, 0.4) is 0 Å². The molecule has 94 valence electrons. The van der Waals surface area contributed by atoms with Crippen molar-refractivity contribution >= 4 is 11.3 Å². The van der Waals surface area contributed by atoms with Crippen molar-refractivity contribution < 1.29 is 0 Å². The molecule has 0 amide bonds. The van der Waals surface area contributed by atoms with Gasteiger partial charge in [0, 0.05) is 19.3 Å². The van der Waals surface area contributed by atoms with Crippen molar-refractivity contribution in [1.29, 1.82) is 15.8 Å². The van der Waals surface area contributed by atoms with E-state index < -0.39 is 0 Å². The summed E-state index contributed by atoms with van der Waals surface area (Å²) in [5.41, 5.74) is 2.53. The van der Waals surface area contributed by atoms with E-state index in [-0.39, 0.29) is 11.1 Å². The zero-order valence-electron chi connectivity index (χ0n) is 11.2. The van der Waals surface area contributed by atoms with Crippen molar-refractivity contribution in [1.82, 2.24) is 0 Å². The molecule has 0 saturated carbocycles. The average Bonchev–Trinajstić information content (AvgIpc) is 2.44. The van der Waals surface area contributed by atoms with E-state index in [9.17, 15) is 0 Å². The predicted octanol–water partition coefficient (Wildman–Crippen LogP) is 2.78. The van der Waals surface area contributed by atoms with Gasteiger partial charge in [0.05, 0.1) is 5.57 Å². The van der Waals surface area contributed by atoms with Gasteiger partial charge in [0.2, 0.25) is 0 Å². The highest BCUT2D eigenvalue weighted by atomic mass is 15.1. The summed E-state index contributed by atoms with van der Waals surface area (Å²) in [5.74, 6) is 0. The van der Waals surface area contributed by atoms with Gasteiger partial charge < -0.3 is 4.90 Å². The number of anilines is 1. The Labute approximate surface area is 113 Å². The average molecular weight is 250 g/mol. The molecule has 0 saturated heterocycles. The van der Waals surface area contributed by atoms with Crippen LogP contribution in [0.4, 0.5) is 5.69 Å². The number of hydrogen-bond acceptors (Lipinski definition) is 4. The van der Waals surface area contributed by atoms with Gasteiger partial charge >= 0.3 is 0 Å². The number of hydrogen-bond donors (Lipinski definition) is 0. The van der Waals surface area contributed by atoms with Crippen molar-refractivity contribution in [3.63, 3.8) is 0 Å². The maximum absolute atomic E-state index is 9.14. The molecule has 0 aliphatic carbocycles. The summed E-state index contributed by atoms with van der Waals surface area (Å²) >= 11 is 0. The third-order valence-corrected chi connectivity index (χ3v) is 2.98. The Bertz CT molecular complexity index is 620. The highest BCUT2D eigenvalue weighted by molar-refractivity contribution is 5.86. The van der Waals surface area contributed by atoms with Crippen LogP contribution in [0.5, 0.6) is 0 Å². The fourth-order valence-corrected chi connectivity index (χ4v) is 1.74. The van der Waals surface area contributed by atoms with Gasteiger partial charge in [-0.15, -0.1) is 0 Å². The minimum Gasteiger partial charge on any atom is -0.375 e. The molecule has 0 aromatic heterocycles. The van der Waals surface area contributed by atoms with Gasteiger partial charge in [-0.2, -0.15) is 15.8 Å².